The van der Waals surface area contributed by atoms with Crippen LogP contribution in [0.25, 0.3) is 11.3 Å². The lowest BCUT2D eigenvalue weighted by molar-refractivity contribution is 0.183. The average Bonchev–Trinajstić information content (AvgIpc) is 3.20. The molecular formula is C25H30N2O5. The molecule has 0 bridgehead atoms. The maximum Gasteiger partial charge on any atom is 0.200 e. The number of ether oxygens (including phenoxy) is 3. The minimum absolute atomic E-state index is 0.0202. The summed E-state index contributed by atoms with van der Waals surface area (Å²) in [5.41, 5.74) is 2.93. The maximum atomic E-state index is 10.2. The topological polar surface area (TPSA) is 77.2 Å². The summed E-state index contributed by atoms with van der Waals surface area (Å²) >= 11 is 0. The molecule has 1 unspecified atom stereocenters. The molecule has 3 aromatic rings. The second-order valence-corrected chi connectivity index (χ2v) is 8.03. The van der Waals surface area contributed by atoms with Gasteiger partial charge in [-0.2, -0.15) is 0 Å². The van der Waals surface area contributed by atoms with Crippen molar-refractivity contribution >= 4 is 0 Å². The van der Waals surface area contributed by atoms with E-state index >= 15 is 0 Å². The Morgan fingerprint density at radius 1 is 0.969 bits per heavy atom. The quantitative estimate of drug-likeness (QED) is 0.544. The van der Waals surface area contributed by atoms with Crippen molar-refractivity contribution in [1.29, 1.82) is 0 Å². The van der Waals surface area contributed by atoms with Crippen LogP contribution in [0.15, 0.2) is 47.0 Å². The first kappa shape index (κ1) is 22.0. The number of rotatable bonds is 7. The van der Waals surface area contributed by atoms with Gasteiger partial charge < -0.3 is 23.8 Å². The molecule has 1 saturated heterocycles. The first-order valence-corrected chi connectivity index (χ1v) is 10.9. The fraction of sp³-hybridized carbons (Fsp3) is 0.400. The van der Waals surface area contributed by atoms with E-state index in [2.05, 4.69) is 10.1 Å². The molecule has 0 saturated carbocycles. The molecule has 1 aromatic heterocycles. The van der Waals surface area contributed by atoms with Gasteiger partial charge in [0.1, 0.15) is 11.4 Å². The largest absolute Gasteiger partial charge is 0.502 e. The highest BCUT2D eigenvalue weighted by Gasteiger charge is 2.27. The summed E-state index contributed by atoms with van der Waals surface area (Å²) in [6.45, 7) is 1.66. The van der Waals surface area contributed by atoms with Crippen LogP contribution in [0.3, 0.4) is 0 Å². The first-order chi connectivity index (χ1) is 15.6. The Hall–Kier alpha value is -3.19. The molecule has 4 rings (SSSR count). The monoisotopic (exact) mass is 438 g/mol. The summed E-state index contributed by atoms with van der Waals surface area (Å²) < 4.78 is 21.6. The first-order valence-electron chi connectivity index (χ1n) is 10.9. The Labute approximate surface area is 188 Å². The van der Waals surface area contributed by atoms with Crippen molar-refractivity contribution in [3.8, 4) is 34.3 Å². The van der Waals surface area contributed by atoms with Gasteiger partial charge in [-0.25, -0.2) is 0 Å². The maximum absolute atomic E-state index is 10.2. The highest BCUT2D eigenvalue weighted by molar-refractivity contribution is 5.58. The molecular weight excluding hydrogens is 408 g/mol. The fourth-order valence-electron chi connectivity index (χ4n) is 4.30. The van der Waals surface area contributed by atoms with Gasteiger partial charge in [0.2, 0.25) is 5.75 Å². The van der Waals surface area contributed by atoms with E-state index in [-0.39, 0.29) is 11.8 Å². The number of likely N-dealkylation sites (tertiary alicyclic amines) is 1. The molecule has 32 heavy (non-hydrogen) atoms. The van der Waals surface area contributed by atoms with E-state index in [0.717, 1.165) is 54.1 Å². The smallest absolute Gasteiger partial charge is 0.200 e. The molecule has 0 aliphatic carbocycles. The fourth-order valence-corrected chi connectivity index (χ4v) is 4.30. The van der Waals surface area contributed by atoms with Crippen molar-refractivity contribution in [2.75, 3.05) is 27.9 Å². The Morgan fingerprint density at radius 3 is 2.34 bits per heavy atom. The lowest BCUT2D eigenvalue weighted by Gasteiger charge is -2.28. The van der Waals surface area contributed by atoms with Gasteiger partial charge in [0.25, 0.3) is 0 Å². The number of hydrogen-bond acceptors (Lipinski definition) is 7. The van der Waals surface area contributed by atoms with Crippen molar-refractivity contribution in [2.45, 2.75) is 38.3 Å². The van der Waals surface area contributed by atoms with Crippen molar-refractivity contribution in [1.82, 2.24) is 10.1 Å². The van der Waals surface area contributed by atoms with Crippen LogP contribution in [0, 0.1) is 0 Å². The molecule has 0 amide bonds. The lowest BCUT2D eigenvalue weighted by Crippen LogP contribution is -2.28. The van der Waals surface area contributed by atoms with E-state index in [1.165, 1.54) is 6.42 Å². The van der Waals surface area contributed by atoms with Gasteiger partial charge in [-0.15, -0.1) is 0 Å². The summed E-state index contributed by atoms with van der Waals surface area (Å²) in [6.07, 6.45) is 4.49. The van der Waals surface area contributed by atoms with E-state index in [4.69, 9.17) is 18.7 Å². The van der Waals surface area contributed by atoms with Crippen LogP contribution in [0.1, 0.15) is 43.0 Å². The van der Waals surface area contributed by atoms with Crippen molar-refractivity contribution in [2.24, 2.45) is 0 Å². The summed E-state index contributed by atoms with van der Waals surface area (Å²) in [5, 5.41) is 14.7. The highest BCUT2D eigenvalue weighted by atomic mass is 16.5. The van der Waals surface area contributed by atoms with Crippen LogP contribution < -0.4 is 14.2 Å². The van der Waals surface area contributed by atoms with Crippen molar-refractivity contribution in [3.05, 3.63) is 53.7 Å². The Kier molecular flexibility index (Phi) is 6.85. The van der Waals surface area contributed by atoms with Gasteiger partial charge in [-0.3, -0.25) is 4.90 Å². The Morgan fingerprint density at radius 2 is 1.69 bits per heavy atom. The number of benzene rings is 2. The molecule has 7 nitrogen and oxygen atoms in total. The molecule has 1 aliphatic heterocycles. The van der Waals surface area contributed by atoms with Crippen LogP contribution in [-0.4, -0.2) is 43.0 Å². The third kappa shape index (κ3) is 4.67. The number of hydrogen-bond donors (Lipinski definition) is 1. The zero-order valence-corrected chi connectivity index (χ0v) is 18.8. The van der Waals surface area contributed by atoms with Gasteiger partial charge in [0.05, 0.1) is 27.4 Å². The predicted molar refractivity (Wildman–Crippen MR) is 121 cm³/mol. The number of methoxy groups -OCH3 is 3. The van der Waals surface area contributed by atoms with E-state index in [1.54, 1.807) is 21.3 Å². The van der Waals surface area contributed by atoms with Crippen molar-refractivity contribution in [3.63, 3.8) is 0 Å². The third-order valence-corrected chi connectivity index (χ3v) is 6.03. The molecule has 0 spiro atoms. The van der Waals surface area contributed by atoms with Gasteiger partial charge in [-0.1, -0.05) is 18.0 Å². The molecule has 170 valence electrons. The van der Waals surface area contributed by atoms with E-state index in [0.29, 0.717) is 18.0 Å². The third-order valence-electron chi connectivity index (χ3n) is 6.03. The van der Waals surface area contributed by atoms with Crippen LogP contribution >= 0.6 is 0 Å². The molecule has 2 heterocycles. The summed E-state index contributed by atoms with van der Waals surface area (Å²) in [6, 6.07) is 13.7. The second-order valence-electron chi connectivity index (χ2n) is 8.03. The van der Waals surface area contributed by atoms with Crippen LogP contribution in [0.2, 0.25) is 0 Å². The average molecular weight is 439 g/mol. The number of phenolic OH excluding ortho intramolecular Hbond substituents is 1. The molecule has 1 N–H and O–H groups in total. The summed E-state index contributed by atoms with van der Waals surface area (Å²) in [7, 11) is 4.74. The van der Waals surface area contributed by atoms with Crippen LogP contribution in [0.5, 0.6) is 23.0 Å². The predicted octanol–water partition coefficient (Wildman–Crippen LogP) is 5.19. The van der Waals surface area contributed by atoms with Crippen LogP contribution in [-0.2, 0) is 6.54 Å². The van der Waals surface area contributed by atoms with Crippen LogP contribution in [0.4, 0.5) is 0 Å². The number of nitrogens with zero attached hydrogens (tertiary/aromatic N) is 2. The molecule has 1 fully saturated rings. The summed E-state index contributed by atoms with van der Waals surface area (Å²) in [4.78, 5) is 2.42. The van der Waals surface area contributed by atoms with Gasteiger partial charge in [0.15, 0.2) is 17.3 Å². The number of aromatic nitrogens is 1. The molecule has 1 atom stereocenters. The Bertz CT molecular complexity index is 1010. The van der Waals surface area contributed by atoms with E-state index < -0.39 is 0 Å². The minimum atomic E-state index is 0.0202. The summed E-state index contributed by atoms with van der Waals surface area (Å²) in [5.74, 6) is 2.40. The van der Waals surface area contributed by atoms with E-state index in [1.807, 2.05) is 42.5 Å². The molecule has 2 aromatic carbocycles. The number of phenols is 1. The van der Waals surface area contributed by atoms with E-state index in [9.17, 15) is 5.11 Å². The standard InChI is InChI=1S/C25H30N2O5/c1-29-19-10-8-18(9-11-19)22-15-20(26-32-22)21-7-5-4-6-12-27(21)16-17-13-23(30-2)25(28)24(14-17)31-3/h8-11,13-15,21,28H,4-7,12,16H2,1-3H3. The SMILES string of the molecule is COc1ccc(-c2cc(C3CCCCCN3Cc3cc(OC)c(O)c(OC)c3)no2)cc1. The molecule has 0 radical (unpaired) electrons. The highest BCUT2D eigenvalue weighted by Crippen LogP contribution is 2.39. The lowest BCUT2D eigenvalue weighted by atomic mass is 10.0. The molecule has 7 heteroatoms. The number of aromatic hydroxyl groups is 1. The van der Waals surface area contributed by atoms with Gasteiger partial charge >= 0.3 is 0 Å². The van der Waals surface area contributed by atoms with Crippen molar-refractivity contribution < 1.29 is 23.8 Å². The normalized spacial score (nSPS) is 17.0. The van der Waals surface area contributed by atoms with Gasteiger partial charge in [0, 0.05) is 18.2 Å². The minimum Gasteiger partial charge on any atom is -0.502 e. The zero-order valence-electron chi connectivity index (χ0n) is 18.8. The second kappa shape index (κ2) is 9.96. The van der Waals surface area contributed by atoms with Gasteiger partial charge in [-0.05, 0) is 61.3 Å². The molecule has 1 aliphatic rings. The zero-order chi connectivity index (χ0) is 22.5. The Balaban J connectivity index is 1.59.